The highest BCUT2D eigenvalue weighted by molar-refractivity contribution is 5.75. The van der Waals surface area contributed by atoms with E-state index in [1.165, 1.54) is 12.7 Å². The first-order valence-corrected chi connectivity index (χ1v) is 2.34. The summed E-state index contributed by atoms with van der Waals surface area (Å²) in [5.41, 5.74) is 0. The molecule has 0 aliphatic heterocycles. The number of H-pyrrole nitrogens is 2. The molecule has 2 aromatic rings. The number of nitrogens with one attached hydrogen (secondary N) is 2. The van der Waals surface area contributed by atoms with Gasteiger partial charge < -0.3 is 0 Å². The molecule has 0 amide bonds. The molecule has 11 heavy (non-hydrogen) atoms. The minimum Gasteiger partial charge on any atom is -0.246 e. The van der Waals surface area contributed by atoms with Crippen molar-refractivity contribution in [2.75, 3.05) is 0 Å². The Morgan fingerprint density at radius 2 is 1.27 bits per heavy atom. The van der Waals surface area contributed by atoms with Crippen LogP contribution in [0.3, 0.4) is 0 Å². The van der Waals surface area contributed by atoms with Crippen LogP contribution in [0, 0.1) is 0 Å². The summed E-state index contributed by atoms with van der Waals surface area (Å²) in [5.74, 6) is 0. The van der Waals surface area contributed by atoms with Crippen molar-refractivity contribution in [3.8, 4) is 0 Å². The Hall–Kier alpha value is -1.80. The first-order valence-electron chi connectivity index (χ1n) is 2.34. The van der Waals surface area contributed by atoms with Crippen LogP contribution in [-0.2, 0) is 0 Å². The van der Waals surface area contributed by atoms with E-state index in [0.29, 0.717) is 0 Å². The zero-order valence-electron chi connectivity index (χ0n) is 4.84. The third-order valence-electron chi connectivity index (χ3n) is 0.539. The van der Waals surface area contributed by atoms with Crippen LogP contribution in [0.15, 0.2) is 12.7 Å². The highest BCUT2D eigenvalue weighted by atomic mass is 15.5. The number of aromatic amines is 2. The number of hydrogen-bond acceptors (Lipinski definition) is 6. The van der Waals surface area contributed by atoms with Gasteiger partial charge in [0.05, 0.1) is 8.41 Å². The van der Waals surface area contributed by atoms with E-state index in [2.05, 4.69) is 41.2 Å². The molecule has 0 saturated carbocycles. The molecule has 2 heterocycles. The second-order valence-corrected chi connectivity index (χ2v) is 1.13. The van der Waals surface area contributed by atoms with Gasteiger partial charge in [-0.1, -0.05) is 0 Å². The molecule has 2 aromatic heterocycles. The van der Waals surface area contributed by atoms with E-state index in [0.717, 1.165) is 0 Å². The Kier molecular flexibility index (Phi) is 5.29. The lowest BCUT2D eigenvalue weighted by molar-refractivity contribution is 0.881. The van der Waals surface area contributed by atoms with Crippen LogP contribution < -0.4 is 0 Å². The SMILES string of the molecule is B.c1nnn[nH]1.c1nnn[nH]1. The highest BCUT2D eigenvalue weighted by Crippen LogP contribution is 1.44. The van der Waals surface area contributed by atoms with Gasteiger partial charge >= 0.3 is 0 Å². The van der Waals surface area contributed by atoms with Crippen molar-refractivity contribution in [2.24, 2.45) is 0 Å². The van der Waals surface area contributed by atoms with Gasteiger partial charge in [0.1, 0.15) is 12.7 Å². The summed E-state index contributed by atoms with van der Waals surface area (Å²) >= 11 is 0. The van der Waals surface area contributed by atoms with Gasteiger partial charge in [-0.05, 0) is 20.9 Å². The molecule has 2 rings (SSSR count). The molecule has 0 spiro atoms. The number of tetrazole rings is 2. The van der Waals surface area contributed by atoms with Crippen LogP contribution in [0.25, 0.3) is 0 Å². The topological polar surface area (TPSA) is 109 Å². The van der Waals surface area contributed by atoms with Crippen molar-refractivity contribution in [1.82, 2.24) is 41.2 Å². The van der Waals surface area contributed by atoms with Crippen LogP contribution in [0.5, 0.6) is 0 Å². The van der Waals surface area contributed by atoms with Gasteiger partial charge in [0.2, 0.25) is 0 Å². The average molecular weight is 154 g/mol. The molecule has 0 atom stereocenters. The van der Waals surface area contributed by atoms with E-state index in [1.807, 2.05) is 0 Å². The lowest BCUT2D eigenvalue weighted by Gasteiger charge is -1.42. The van der Waals surface area contributed by atoms with Crippen LogP contribution in [-0.4, -0.2) is 49.7 Å². The van der Waals surface area contributed by atoms with Crippen LogP contribution in [0.1, 0.15) is 0 Å². The number of aromatic nitrogens is 8. The Bertz CT molecular complexity index is 151. The third-order valence-corrected chi connectivity index (χ3v) is 0.539. The molecule has 0 unspecified atom stereocenters. The molecule has 0 bridgehead atoms. The van der Waals surface area contributed by atoms with Crippen molar-refractivity contribution < 1.29 is 0 Å². The Morgan fingerprint density at radius 1 is 0.818 bits per heavy atom. The van der Waals surface area contributed by atoms with Gasteiger partial charge in [0.15, 0.2) is 0 Å². The smallest absolute Gasteiger partial charge is 0.135 e. The molecule has 0 aliphatic carbocycles. The molecule has 0 aliphatic rings. The van der Waals surface area contributed by atoms with E-state index in [9.17, 15) is 0 Å². The summed E-state index contributed by atoms with van der Waals surface area (Å²) in [6, 6.07) is 0. The molecular formula is C2H7BN8. The number of rotatable bonds is 0. The summed E-state index contributed by atoms with van der Waals surface area (Å²) < 4.78 is 0. The van der Waals surface area contributed by atoms with Gasteiger partial charge in [0.25, 0.3) is 0 Å². The number of nitrogens with zero attached hydrogens (tertiary/aromatic N) is 6. The predicted molar refractivity (Wildman–Crippen MR) is 38.3 cm³/mol. The molecular weight excluding hydrogens is 147 g/mol. The van der Waals surface area contributed by atoms with E-state index in [1.54, 1.807) is 0 Å². The fraction of sp³-hybridized carbons (Fsp3) is 0. The fourth-order valence-electron chi connectivity index (χ4n) is 0.258. The van der Waals surface area contributed by atoms with Crippen molar-refractivity contribution in [3.63, 3.8) is 0 Å². The van der Waals surface area contributed by atoms with Crippen molar-refractivity contribution in [1.29, 1.82) is 0 Å². The maximum atomic E-state index is 3.31. The summed E-state index contributed by atoms with van der Waals surface area (Å²) in [6.07, 6.45) is 2.81. The molecule has 0 fully saturated rings. The van der Waals surface area contributed by atoms with E-state index in [-0.39, 0.29) is 8.41 Å². The van der Waals surface area contributed by atoms with E-state index in [4.69, 9.17) is 0 Å². The van der Waals surface area contributed by atoms with Gasteiger partial charge in [-0.25, -0.2) is 10.2 Å². The highest BCUT2D eigenvalue weighted by Gasteiger charge is 1.59. The lowest BCUT2D eigenvalue weighted by atomic mass is 10.8. The quantitative estimate of drug-likeness (QED) is 0.397. The standard InChI is InChI=1S/2CH2N4.BH3/c2*1-2-4-5-3-1;/h2*1H,(H,2,3,4,5);1H3. The van der Waals surface area contributed by atoms with Crippen molar-refractivity contribution in [2.45, 2.75) is 0 Å². The summed E-state index contributed by atoms with van der Waals surface area (Å²) in [7, 11) is 0. The third kappa shape index (κ3) is 4.69. The van der Waals surface area contributed by atoms with Gasteiger partial charge in [-0.2, -0.15) is 0 Å². The summed E-state index contributed by atoms with van der Waals surface area (Å²) in [5, 5.41) is 24.2. The van der Waals surface area contributed by atoms with Gasteiger partial charge in [0, 0.05) is 0 Å². The molecule has 2 N–H and O–H groups in total. The largest absolute Gasteiger partial charge is 0.246 e. The summed E-state index contributed by atoms with van der Waals surface area (Å²) in [4.78, 5) is 0. The van der Waals surface area contributed by atoms with E-state index < -0.39 is 0 Å². The zero-order valence-corrected chi connectivity index (χ0v) is 4.84. The first-order chi connectivity index (χ1) is 5.00. The molecule has 9 heteroatoms. The van der Waals surface area contributed by atoms with Gasteiger partial charge in [-0.15, -0.1) is 10.2 Å². The van der Waals surface area contributed by atoms with Gasteiger partial charge in [-0.3, -0.25) is 0 Å². The Balaban J connectivity index is 0.000000167. The molecule has 0 aromatic carbocycles. The summed E-state index contributed by atoms with van der Waals surface area (Å²) in [6.45, 7) is 0. The second kappa shape index (κ2) is 6.33. The first kappa shape index (κ1) is 9.20. The van der Waals surface area contributed by atoms with Crippen LogP contribution >= 0.6 is 0 Å². The molecule has 8 nitrogen and oxygen atoms in total. The maximum Gasteiger partial charge on any atom is 0.135 e. The Morgan fingerprint density at radius 3 is 1.36 bits per heavy atom. The second-order valence-electron chi connectivity index (χ2n) is 1.13. The van der Waals surface area contributed by atoms with Crippen molar-refractivity contribution in [3.05, 3.63) is 12.7 Å². The molecule has 0 saturated heterocycles. The van der Waals surface area contributed by atoms with Crippen molar-refractivity contribution >= 4 is 8.41 Å². The fourth-order valence-corrected chi connectivity index (χ4v) is 0.258. The van der Waals surface area contributed by atoms with E-state index >= 15 is 0 Å². The minimum absolute atomic E-state index is 0. The molecule has 58 valence electrons. The minimum atomic E-state index is 0. The Labute approximate surface area is 63.4 Å². The maximum absolute atomic E-state index is 3.31. The van der Waals surface area contributed by atoms with Crippen LogP contribution in [0.4, 0.5) is 0 Å². The normalized spacial score (nSPS) is 7.27. The number of hydrogen-bond donors (Lipinski definition) is 2. The predicted octanol–water partition coefficient (Wildman–Crippen LogP) is -2.78. The molecule has 0 radical (unpaired) electrons. The zero-order chi connectivity index (χ0) is 7.07. The van der Waals surface area contributed by atoms with Crippen LogP contribution in [0.2, 0.25) is 0 Å². The lowest BCUT2D eigenvalue weighted by Crippen LogP contribution is -1.64. The monoisotopic (exact) mass is 154 g/mol. The average Bonchev–Trinajstić information content (AvgIpc) is 2.67.